The molecule has 0 aliphatic rings. The van der Waals surface area contributed by atoms with Crippen molar-refractivity contribution in [3.8, 4) is 0 Å². The molecule has 0 unspecified atom stereocenters. The molecular weight excluding hydrogens is 470 g/mol. The molecule has 0 atom stereocenters. The van der Waals surface area contributed by atoms with Crippen LogP contribution in [0, 0.1) is 10.1 Å². The number of hydrazine groups is 1. The molecule has 0 saturated carbocycles. The van der Waals surface area contributed by atoms with E-state index in [9.17, 15) is 29.3 Å². The third-order valence-electron chi connectivity index (χ3n) is 5.47. The number of aryl methyl sites for hydroxylation is 1. The van der Waals surface area contributed by atoms with Gasteiger partial charge in [-0.3, -0.25) is 39.9 Å². The lowest BCUT2D eigenvalue weighted by Crippen LogP contribution is -2.48. The van der Waals surface area contributed by atoms with E-state index in [0.717, 1.165) is 22.3 Å². The smallest absolute Gasteiger partial charge is 0.325 e. The van der Waals surface area contributed by atoms with Crippen molar-refractivity contribution in [1.29, 1.82) is 0 Å². The Morgan fingerprint density at radius 2 is 1.69 bits per heavy atom. The number of amides is 2. The van der Waals surface area contributed by atoms with E-state index in [4.69, 9.17) is 0 Å². The van der Waals surface area contributed by atoms with Crippen molar-refractivity contribution in [3.05, 3.63) is 103 Å². The number of nitro benzene ring substituents is 1. The number of hydrogen-bond acceptors (Lipinski definition) is 7. The molecule has 184 valence electrons. The van der Waals surface area contributed by atoms with Crippen LogP contribution in [0.3, 0.4) is 0 Å². The van der Waals surface area contributed by atoms with Crippen LogP contribution in [0.2, 0.25) is 0 Å². The molecule has 2 aromatic carbocycles. The van der Waals surface area contributed by atoms with Crippen LogP contribution < -0.4 is 22.1 Å². The van der Waals surface area contributed by atoms with E-state index in [1.807, 2.05) is 37.3 Å². The number of nitrogens with one attached hydrogen (secondary N) is 2. The van der Waals surface area contributed by atoms with Crippen molar-refractivity contribution in [2.24, 2.45) is 0 Å². The van der Waals surface area contributed by atoms with Gasteiger partial charge >= 0.3 is 5.69 Å². The average Bonchev–Trinajstić information content (AvgIpc) is 3.32. The molecule has 0 spiro atoms. The van der Waals surface area contributed by atoms with E-state index in [1.54, 1.807) is 4.57 Å². The van der Waals surface area contributed by atoms with Gasteiger partial charge < -0.3 is 4.57 Å². The summed E-state index contributed by atoms with van der Waals surface area (Å²) in [4.78, 5) is 65.6. The van der Waals surface area contributed by atoms with Crippen molar-refractivity contribution >= 4 is 28.7 Å². The summed E-state index contributed by atoms with van der Waals surface area (Å²) < 4.78 is 3.69. The number of imidazole rings is 1. The number of nitrogens with zero attached hydrogens (tertiary/aromatic N) is 5. The molecule has 2 aromatic heterocycles. The van der Waals surface area contributed by atoms with Gasteiger partial charge in [-0.1, -0.05) is 30.3 Å². The number of carbonyl (C=O) groups excluding carboxylic acids is 2. The molecular formula is C23H21N7O6. The van der Waals surface area contributed by atoms with Crippen molar-refractivity contribution in [2.45, 2.75) is 26.6 Å². The zero-order valence-electron chi connectivity index (χ0n) is 19.1. The van der Waals surface area contributed by atoms with Gasteiger partial charge in [0, 0.05) is 24.2 Å². The summed E-state index contributed by atoms with van der Waals surface area (Å²) in [5.41, 5.74) is 3.97. The molecule has 2 amide bonds. The first kappa shape index (κ1) is 24.1. The molecule has 2 heterocycles. The van der Waals surface area contributed by atoms with E-state index in [2.05, 4.69) is 15.8 Å². The van der Waals surface area contributed by atoms with Crippen molar-refractivity contribution in [3.63, 3.8) is 0 Å². The molecule has 0 saturated heterocycles. The quantitative estimate of drug-likeness (QED) is 0.285. The van der Waals surface area contributed by atoms with Crippen LogP contribution in [-0.4, -0.2) is 35.4 Å². The SMILES string of the molecule is CCn1cnc2c1c(=O)n(CC(=O)NNC(=O)c1ccc([N+](=O)[O-])cc1)c(=O)n2Cc1ccccc1. The van der Waals surface area contributed by atoms with Gasteiger partial charge in [-0.15, -0.1) is 0 Å². The molecule has 0 bridgehead atoms. The van der Waals surface area contributed by atoms with Gasteiger partial charge in [0.2, 0.25) is 0 Å². The second-order valence-electron chi connectivity index (χ2n) is 7.75. The number of carbonyl (C=O) groups is 2. The van der Waals surface area contributed by atoms with Crippen LogP contribution in [0.1, 0.15) is 22.8 Å². The number of non-ortho nitro benzene ring substituents is 1. The highest BCUT2D eigenvalue weighted by Gasteiger charge is 2.20. The first-order chi connectivity index (χ1) is 17.3. The number of nitro groups is 1. The molecule has 0 aliphatic heterocycles. The maximum Gasteiger partial charge on any atom is 0.333 e. The highest BCUT2D eigenvalue weighted by atomic mass is 16.6. The third-order valence-corrected chi connectivity index (χ3v) is 5.47. The number of hydrogen-bond donors (Lipinski definition) is 2. The molecule has 0 radical (unpaired) electrons. The minimum atomic E-state index is -0.822. The van der Waals surface area contributed by atoms with Crippen molar-refractivity contribution in [1.82, 2.24) is 29.5 Å². The Balaban J connectivity index is 1.59. The van der Waals surface area contributed by atoms with Gasteiger partial charge in [-0.25, -0.2) is 14.3 Å². The highest BCUT2D eigenvalue weighted by molar-refractivity contribution is 5.95. The summed E-state index contributed by atoms with van der Waals surface area (Å²) in [6.07, 6.45) is 1.46. The van der Waals surface area contributed by atoms with Crippen LogP contribution in [0.25, 0.3) is 11.2 Å². The van der Waals surface area contributed by atoms with Gasteiger partial charge in [-0.2, -0.15) is 0 Å². The van der Waals surface area contributed by atoms with Gasteiger partial charge in [0.05, 0.1) is 17.8 Å². The molecule has 4 aromatic rings. The van der Waals surface area contributed by atoms with Crippen LogP contribution in [0.15, 0.2) is 70.5 Å². The lowest BCUT2D eigenvalue weighted by molar-refractivity contribution is -0.384. The van der Waals surface area contributed by atoms with Crippen LogP contribution in [0.5, 0.6) is 0 Å². The van der Waals surface area contributed by atoms with E-state index < -0.39 is 34.5 Å². The molecule has 13 nitrogen and oxygen atoms in total. The Morgan fingerprint density at radius 3 is 2.33 bits per heavy atom. The Labute approximate surface area is 202 Å². The van der Waals surface area contributed by atoms with Crippen LogP contribution in [-0.2, 0) is 24.4 Å². The minimum Gasteiger partial charge on any atom is -0.325 e. The Kier molecular flexibility index (Phi) is 6.72. The number of benzene rings is 2. The summed E-state index contributed by atoms with van der Waals surface area (Å²) in [5.74, 6) is -1.55. The zero-order valence-corrected chi connectivity index (χ0v) is 19.1. The first-order valence-corrected chi connectivity index (χ1v) is 10.9. The topological polar surface area (TPSA) is 163 Å². The van der Waals surface area contributed by atoms with E-state index in [1.165, 1.54) is 23.0 Å². The van der Waals surface area contributed by atoms with Crippen LogP contribution in [0.4, 0.5) is 5.69 Å². The third kappa shape index (κ3) is 4.75. The minimum absolute atomic E-state index is 0.0663. The van der Waals surface area contributed by atoms with Gasteiger partial charge in [0.25, 0.3) is 23.1 Å². The second-order valence-corrected chi connectivity index (χ2v) is 7.75. The normalized spacial score (nSPS) is 10.8. The summed E-state index contributed by atoms with van der Waals surface area (Å²) in [6.45, 7) is 1.72. The lowest BCUT2D eigenvalue weighted by Gasteiger charge is -2.13. The van der Waals surface area contributed by atoms with E-state index >= 15 is 0 Å². The van der Waals surface area contributed by atoms with Gasteiger partial charge in [0.15, 0.2) is 11.2 Å². The molecule has 36 heavy (non-hydrogen) atoms. The fourth-order valence-corrected chi connectivity index (χ4v) is 3.64. The summed E-state index contributed by atoms with van der Waals surface area (Å²) in [5, 5.41) is 10.7. The predicted octanol–water partition coefficient (Wildman–Crippen LogP) is 0.797. The maximum atomic E-state index is 13.2. The lowest BCUT2D eigenvalue weighted by atomic mass is 10.2. The monoisotopic (exact) mass is 491 g/mol. The Bertz CT molecular complexity index is 1570. The molecule has 4 rings (SSSR count). The molecule has 0 fully saturated rings. The predicted molar refractivity (Wildman–Crippen MR) is 128 cm³/mol. The van der Waals surface area contributed by atoms with E-state index in [-0.39, 0.29) is 29.0 Å². The Morgan fingerprint density at radius 1 is 1.00 bits per heavy atom. The number of fused-ring (bicyclic) bond motifs is 1. The van der Waals surface area contributed by atoms with Crippen LogP contribution >= 0.6 is 0 Å². The summed E-state index contributed by atoms with van der Waals surface area (Å²) in [7, 11) is 0. The molecule has 0 aliphatic carbocycles. The average molecular weight is 491 g/mol. The first-order valence-electron chi connectivity index (χ1n) is 10.9. The highest BCUT2D eigenvalue weighted by Crippen LogP contribution is 2.12. The molecule has 2 N–H and O–H groups in total. The molecule has 13 heteroatoms. The number of aromatic nitrogens is 4. The largest absolute Gasteiger partial charge is 0.333 e. The Hall–Kier alpha value is -5.07. The number of rotatable bonds is 7. The van der Waals surface area contributed by atoms with Gasteiger partial charge in [0.1, 0.15) is 6.54 Å². The van der Waals surface area contributed by atoms with Crippen molar-refractivity contribution in [2.75, 3.05) is 0 Å². The maximum absolute atomic E-state index is 13.2. The van der Waals surface area contributed by atoms with Crippen molar-refractivity contribution < 1.29 is 14.5 Å². The second kappa shape index (κ2) is 10.0. The summed E-state index contributed by atoms with van der Waals surface area (Å²) in [6, 6.07) is 13.9. The standard InChI is InChI=1S/C23H21N7O6/c1-2-27-14-24-20-19(27)22(33)29(23(34)28(20)12-15-6-4-3-5-7-15)13-18(31)25-26-21(32)16-8-10-17(11-9-16)30(35)36/h3-11,14H,2,12-13H2,1H3,(H,25,31)(H,26,32). The fourth-order valence-electron chi connectivity index (χ4n) is 3.64. The van der Waals surface area contributed by atoms with E-state index in [0.29, 0.717) is 6.54 Å². The zero-order chi connectivity index (χ0) is 25.8. The van der Waals surface area contributed by atoms with Gasteiger partial charge in [-0.05, 0) is 24.6 Å². The fraction of sp³-hybridized carbons (Fsp3) is 0.174. The summed E-state index contributed by atoms with van der Waals surface area (Å²) >= 11 is 0.